The van der Waals surface area contributed by atoms with E-state index in [2.05, 4.69) is 22.1 Å². The molecule has 1 unspecified atom stereocenters. The molecule has 0 amide bonds. The van der Waals surface area contributed by atoms with Gasteiger partial charge in [0.1, 0.15) is 9.84 Å². The quantitative estimate of drug-likeness (QED) is 0.413. The van der Waals surface area contributed by atoms with Crippen LogP contribution >= 0.6 is 11.8 Å². The van der Waals surface area contributed by atoms with Crippen molar-refractivity contribution in [2.24, 2.45) is 4.99 Å². The Balaban J connectivity index is 2.22. The Morgan fingerprint density at radius 3 is 2.86 bits per heavy atom. The molecule has 21 heavy (non-hydrogen) atoms. The lowest BCUT2D eigenvalue weighted by Gasteiger charge is -2.34. The number of rotatable bonds is 7. The fraction of sp³-hybridized carbons (Fsp3) is 0.923. The van der Waals surface area contributed by atoms with E-state index in [0.29, 0.717) is 18.4 Å². The lowest BCUT2D eigenvalue weighted by molar-refractivity contribution is 0.153. The van der Waals surface area contributed by atoms with E-state index < -0.39 is 9.84 Å². The van der Waals surface area contributed by atoms with Gasteiger partial charge in [-0.3, -0.25) is 4.99 Å². The topological polar surface area (TPSA) is 71.0 Å². The summed E-state index contributed by atoms with van der Waals surface area (Å²) < 4.78 is 27.2. The molecule has 124 valence electrons. The van der Waals surface area contributed by atoms with Crippen LogP contribution in [0.3, 0.4) is 0 Å². The van der Waals surface area contributed by atoms with Crippen LogP contribution in [-0.2, 0) is 14.6 Å². The Morgan fingerprint density at radius 1 is 1.48 bits per heavy atom. The zero-order valence-corrected chi connectivity index (χ0v) is 14.8. The van der Waals surface area contributed by atoms with Crippen LogP contribution in [0, 0.1) is 0 Å². The predicted octanol–water partition coefficient (Wildman–Crippen LogP) is 0.450. The molecule has 1 atom stereocenters. The zero-order chi connectivity index (χ0) is 15.7. The van der Waals surface area contributed by atoms with E-state index in [0.717, 1.165) is 24.8 Å². The molecule has 0 aromatic carbocycles. The number of hydrogen-bond donors (Lipinski definition) is 1. The Kier molecular flexibility index (Phi) is 8.43. The van der Waals surface area contributed by atoms with Crippen molar-refractivity contribution in [3.8, 4) is 0 Å². The van der Waals surface area contributed by atoms with Crippen LogP contribution < -0.4 is 5.32 Å². The van der Waals surface area contributed by atoms with Gasteiger partial charge in [0.25, 0.3) is 0 Å². The molecular weight excluding hydrogens is 310 g/mol. The first-order chi connectivity index (χ1) is 9.96. The summed E-state index contributed by atoms with van der Waals surface area (Å²) in [4.78, 5) is 6.59. The second-order valence-corrected chi connectivity index (χ2v) is 8.73. The lowest BCUT2D eigenvalue weighted by Crippen LogP contribution is -2.48. The van der Waals surface area contributed by atoms with Gasteiger partial charge in [0.15, 0.2) is 5.96 Å². The third kappa shape index (κ3) is 7.92. The summed E-state index contributed by atoms with van der Waals surface area (Å²) in [5.74, 6) is 2.10. The molecule has 0 bridgehead atoms. The minimum Gasteiger partial charge on any atom is -0.379 e. The zero-order valence-electron chi connectivity index (χ0n) is 13.2. The van der Waals surface area contributed by atoms with Crippen LogP contribution in [0.1, 0.15) is 13.3 Å². The van der Waals surface area contributed by atoms with Crippen molar-refractivity contribution in [3.63, 3.8) is 0 Å². The number of guanidine groups is 1. The molecule has 0 radical (unpaired) electrons. The molecular formula is C13H27N3O3S2. The smallest absolute Gasteiger partial charge is 0.193 e. The Bertz CT molecular complexity index is 426. The molecule has 0 spiro atoms. The van der Waals surface area contributed by atoms with Gasteiger partial charge in [-0.05, 0) is 6.42 Å². The van der Waals surface area contributed by atoms with E-state index in [1.54, 1.807) is 7.05 Å². The lowest BCUT2D eigenvalue weighted by atomic mass is 10.3. The molecule has 1 aliphatic heterocycles. The SMILES string of the molecule is CCC1CN(C(=NC)NCCOCCS(C)(=O)=O)CCS1. The largest absolute Gasteiger partial charge is 0.379 e. The summed E-state index contributed by atoms with van der Waals surface area (Å²) in [6.07, 6.45) is 2.39. The van der Waals surface area contributed by atoms with Crippen LogP contribution in [0.25, 0.3) is 0 Å². The first kappa shape index (κ1) is 18.6. The molecule has 1 aliphatic rings. The van der Waals surface area contributed by atoms with E-state index in [1.165, 1.54) is 12.7 Å². The highest BCUT2D eigenvalue weighted by Gasteiger charge is 2.21. The van der Waals surface area contributed by atoms with Crippen molar-refractivity contribution < 1.29 is 13.2 Å². The summed E-state index contributed by atoms with van der Waals surface area (Å²) in [7, 11) is -1.15. The third-order valence-corrected chi connectivity index (χ3v) is 5.51. The van der Waals surface area contributed by atoms with Gasteiger partial charge < -0.3 is 15.0 Å². The molecule has 0 aromatic rings. The summed E-state index contributed by atoms with van der Waals surface area (Å²) in [6.45, 7) is 5.61. The van der Waals surface area contributed by atoms with E-state index in [1.807, 2.05) is 11.8 Å². The van der Waals surface area contributed by atoms with Crippen LogP contribution in [0.4, 0.5) is 0 Å². The van der Waals surface area contributed by atoms with Gasteiger partial charge in [0.05, 0.1) is 19.0 Å². The molecule has 0 saturated carbocycles. The molecule has 0 aliphatic carbocycles. The van der Waals surface area contributed by atoms with E-state index in [9.17, 15) is 8.42 Å². The summed E-state index contributed by atoms with van der Waals surface area (Å²) in [5, 5.41) is 3.94. The van der Waals surface area contributed by atoms with Crippen molar-refractivity contribution in [2.45, 2.75) is 18.6 Å². The number of hydrogen-bond acceptors (Lipinski definition) is 5. The van der Waals surface area contributed by atoms with E-state index in [4.69, 9.17) is 4.74 Å². The summed E-state index contributed by atoms with van der Waals surface area (Å²) in [5.41, 5.74) is 0. The van der Waals surface area contributed by atoms with Crippen LogP contribution in [0.5, 0.6) is 0 Å². The monoisotopic (exact) mass is 337 g/mol. The number of nitrogens with one attached hydrogen (secondary N) is 1. The van der Waals surface area contributed by atoms with Crippen LogP contribution in [0.15, 0.2) is 4.99 Å². The van der Waals surface area contributed by atoms with Crippen molar-refractivity contribution in [2.75, 3.05) is 57.7 Å². The Labute approximate surface area is 132 Å². The van der Waals surface area contributed by atoms with Gasteiger partial charge in [-0.1, -0.05) is 6.92 Å². The second-order valence-electron chi connectivity index (χ2n) is 5.06. The second kappa shape index (κ2) is 9.53. The summed E-state index contributed by atoms with van der Waals surface area (Å²) >= 11 is 2.03. The van der Waals surface area contributed by atoms with Gasteiger partial charge in [0.2, 0.25) is 0 Å². The number of aliphatic imine (C=N–C) groups is 1. The van der Waals surface area contributed by atoms with Crippen molar-refractivity contribution in [3.05, 3.63) is 0 Å². The van der Waals surface area contributed by atoms with Crippen molar-refractivity contribution in [1.29, 1.82) is 0 Å². The fourth-order valence-electron chi connectivity index (χ4n) is 2.04. The first-order valence-corrected chi connectivity index (χ1v) is 10.4. The third-order valence-electron chi connectivity index (χ3n) is 3.23. The molecule has 1 saturated heterocycles. The number of nitrogens with zero attached hydrogens (tertiary/aromatic N) is 2. The molecule has 1 fully saturated rings. The van der Waals surface area contributed by atoms with Gasteiger partial charge in [0, 0.05) is 43.9 Å². The van der Waals surface area contributed by atoms with Crippen molar-refractivity contribution >= 4 is 27.6 Å². The van der Waals surface area contributed by atoms with Crippen LogP contribution in [0.2, 0.25) is 0 Å². The average molecular weight is 338 g/mol. The van der Waals surface area contributed by atoms with Crippen LogP contribution in [-0.4, -0.2) is 82.2 Å². The average Bonchev–Trinajstić information content (AvgIpc) is 2.45. The molecule has 0 aromatic heterocycles. The van der Waals surface area contributed by atoms with Gasteiger partial charge in [-0.15, -0.1) is 0 Å². The molecule has 6 nitrogen and oxygen atoms in total. The standard InChI is InChI=1S/C13H27N3O3S2/c1-4-12-11-16(6-9-20-12)13(14-2)15-5-7-19-8-10-21(3,17)18/h12H,4-11H2,1-3H3,(H,14,15). The normalized spacial score (nSPS) is 20.6. The van der Waals surface area contributed by atoms with E-state index >= 15 is 0 Å². The van der Waals surface area contributed by atoms with Gasteiger partial charge in [-0.2, -0.15) is 11.8 Å². The number of sulfone groups is 1. The molecule has 1 rings (SSSR count). The minimum atomic E-state index is -2.94. The first-order valence-electron chi connectivity index (χ1n) is 7.29. The minimum absolute atomic E-state index is 0.0727. The highest BCUT2D eigenvalue weighted by atomic mass is 32.2. The molecule has 1 heterocycles. The molecule has 8 heteroatoms. The van der Waals surface area contributed by atoms with Gasteiger partial charge in [-0.25, -0.2) is 8.42 Å². The Hall–Kier alpha value is -0.470. The van der Waals surface area contributed by atoms with Crippen molar-refractivity contribution in [1.82, 2.24) is 10.2 Å². The van der Waals surface area contributed by atoms with E-state index in [-0.39, 0.29) is 12.4 Å². The summed E-state index contributed by atoms with van der Waals surface area (Å²) in [6, 6.07) is 0. The highest BCUT2D eigenvalue weighted by Crippen LogP contribution is 2.20. The maximum absolute atomic E-state index is 11.0. The maximum atomic E-state index is 11.0. The number of thioether (sulfide) groups is 1. The predicted molar refractivity (Wildman–Crippen MR) is 90.0 cm³/mol. The van der Waals surface area contributed by atoms with Gasteiger partial charge >= 0.3 is 0 Å². The number of ether oxygens (including phenoxy) is 1. The fourth-order valence-corrected chi connectivity index (χ4v) is 3.64. The molecule has 1 N–H and O–H groups in total. The maximum Gasteiger partial charge on any atom is 0.193 e. The highest BCUT2D eigenvalue weighted by molar-refractivity contribution is 8.00. The Morgan fingerprint density at radius 2 is 2.24 bits per heavy atom.